The Morgan fingerprint density at radius 2 is 1.97 bits per heavy atom. The van der Waals surface area contributed by atoms with Gasteiger partial charge in [-0.05, 0) is 48.6 Å². The molecule has 3 aliphatic rings. The van der Waals surface area contributed by atoms with E-state index in [-0.39, 0.29) is 30.0 Å². The molecule has 3 aliphatic heterocycles. The zero-order chi connectivity index (χ0) is 22.3. The first-order valence-corrected chi connectivity index (χ1v) is 11.2. The fourth-order valence-corrected chi connectivity index (χ4v) is 5.57. The number of fused-ring (bicyclic) bond motifs is 1. The number of nitrogens with one attached hydrogen (secondary N) is 1. The summed E-state index contributed by atoms with van der Waals surface area (Å²) in [6.07, 6.45) is 2.75. The number of halogens is 1. The fourth-order valence-electron chi connectivity index (χ4n) is 5.57. The summed E-state index contributed by atoms with van der Waals surface area (Å²) < 4.78 is 14.1. The number of carbonyl (C=O) groups is 3. The Morgan fingerprint density at radius 3 is 2.72 bits per heavy atom. The Morgan fingerprint density at radius 1 is 1.12 bits per heavy atom. The molecule has 2 aromatic carbocycles. The standard InChI is InChI=1S/C25H26FN3O3/c26-19-7-3-6-17(15-19)23-25(12-9-21(30)27-25)11-4-13-29(23)22(31)10-14-28-16-18-5-1-2-8-20(18)24(28)32/h1-3,5-8,15,23H,4,9-14,16H2,(H,27,30)/t23-,25+/m1/s1. The Balaban J connectivity index is 1.37. The van der Waals surface area contributed by atoms with Crippen LogP contribution in [0.2, 0.25) is 0 Å². The second-order valence-corrected chi connectivity index (χ2v) is 8.99. The van der Waals surface area contributed by atoms with Gasteiger partial charge in [0.15, 0.2) is 0 Å². The number of benzene rings is 2. The van der Waals surface area contributed by atoms with Crippen LogP contribution in [0, 0.1) is 5.82 Å². The summed E-state index contributed by atoms with van der Waals surface area (Å²) in [5, 5.41) is 3.12. The lowest BCUT2D eigenvalue weighted by Gasteiger charge is -2.48. The zero-order valence-electron chi connectivity index (χ0n) is 17.9. The van der Waals surface area contributed by atoms with Gasteiger partial charge < -0.3 is 15.1 Å². The molecular weight excluding hydrogens is 409 g/mol. The molecule has 2 atom stereocenters. The molecule has 2 aromatic rings. The molecule has 6 nitrogen and oxygen atoms in total. The highest BCUT2D eigenvalue weighted by Crippen LogP contribution is 2.45. The van der Waals surface area contributed by atoms with Gasteiger partial charge in [0, 0.05) is 38.0 Å². The van der Waals surface area contributed by atoms with Crippen molar-refractivity contribution >= 4 is 17.7 Å². The van der Waals surface area contributed by atoms with Crippen LogP contribution >= 0.6 is 0 Å². The largest absolute Gasteiger partial charge is 0.348 e. The Hall–Kier alpha value is -3.22. The maximum Gasteiger partial charge on any atom is 0.254 e. The van der Waals surface area contributed by atoms with Crippen molar-refractivity contribution < 1.29 is 18.8 Å². The van der Waals surface area contributed by atoms with Gasteiger partial charge in [-0.2, -0.15) is 0 Å². The van der Waals surface area contributed by atoms with E-state index < -0.39 is 11.6 Å². The van der Waals surface area contributed by atoms with Crippen molar-refractivity contribution in [3.8, 4) is 0 Å². The monoisotopic (exact) mass is 435 g/mol. The molecular formula is C25H26FN3O3. The summed E-state index contributed by atoms with van der Waals surface area (Å²) >= 11 is 0. The number of carbonyl (C=O) groups excluding carboxylic acids is 3. The van der Waals surface area contributed by atoms with Crippen LogP contribution in [0.3, 0.4) is 0 Å². The Labute approximate surface area is 186 Å². The molecule has 0 unspecified atom stereocenters. The number of hydrogen-bond acceptors (Lipinski definition) is 3. The summed E-state index contributed by atoms with van der Waals surface area (Å²) in [7, 11) is 0. The molecule has 0 radical (unpaired) electrons. The van der Waals surface area contributed by atoms with Crippen LogP contribution in [0.1, 0.15) is 59.6 Å². The highest BCUT2D eigenvalue weighted by atomic mass is 19.1. The number of amides is 3. The molecule has 3 heterocycles. The summed E-state index contributed by atoms with van der Waals surface area (Å²) in [5.41, 5.74) is 1.81. The van der Waals surface area contributed by atoms with E-state index in [1.165, 1.54) is 12.1 Å². The lowest BCUT2D eigenvalue weighted by Crippen LogP contribution is -2.58. The first kappa shape index (κ1) is 20.7. The molecule has 32 heavy (non-hydrogen) atoms. The molecule has 2 fully saturated rings. The van der Waals surface area contributed by atoms with Gasteiger partial charge in [0.2, 0.25) is 11.8 Å². The van der Waals surface area contributed by atoms with Crippen LogP contribution in [-0.4, -0.2) is 46.1 Å². The lowest BCUT2D eigenvalue weighted by molar-refractivity contribution is -0.139. The van der Waals surface area contributed by atoms with Crippen molar-refractivity contribution in [1.29, 1.82) is 0 Å². The normalized spacial score (nSPS) is 24.7. The molecule has 0 aromatic heterocycles. The maximum atomic E-state index is 14.1. The van der Waals surface area contributed by atoms with Crippen molar-refractivity contribution in [3.63, 3.8) is 0 Å². The predicted octanol–water partition coefficient (Wildman–Crippen LogP) is 3.18. The Kier molecular flexibility index (Phi) is 5.19. The quantitative estimate of drug-likeness (QED) is 0.802. The molecule has 0 bridgehead atoms. The summed E-state index contributed by atoms with van der Waals surface area (Å²) in [5.74, 6) is -0.516. The number of hydrogen-bond donors (Lipinski definition) is 1. The van der Waals surface area contributed by atoms with Crippen molar-refractivity contribution in [3.05, 3.63) is 71.0 Å². The number of likely N-dealkylation sites (tertiary alicyclic amines) is 1. The van der Waals surface area contributed by atoms with Crippen LogP contribution in [0.15, 0.2) is 48.5 Å². The third-order valence-electron chi connectivity index (χ3n) is 7.02. The molecule has 0 aliphatic carbocycles. The van der Waals surface area contributed by atoms with E-state index in [0.29, 0.717) is 43.6 Å². The second kappa shape index (κ2) is 8.04. The zero-order valence-corrected chi connectivity index (χ0v) is 17.9. The predicted molar refractivity (Wildman–Crippen MR) is 116 cm³/mol. The van der Waals surface area contributed by atoms with Crippen LogP contribution in [-0.2, 0) is 16.1 Å². The summed E-state index contributed by atoms with van der Waals surface area (Å²) in [4.78, 5) is 41.7. The van der Waals surface area contributed by atoms with E-state index in [2.05, 4.69) is 5.32 Å². The maximum absolute atomic E-state index is 14.1. The molecule has 166 valence electrons. The third-order valence-corrected chi connectivity index (χ3v) is 7.02. The van der Waals surface area contributed by atoms with Crippen LogP contribution < -0.4 is 5.32 Å². The van der Waals surface area contributed by atoms with E-state index in [1.54, 1.807) is 15.9 Å². The van der Waals surface area contributed by atoms with Gasteiger partial charge in [-0.15, -0.1) is 0 Å². The fraction of sp³-hybridized carbons (Fsp3) is 0.400. The average molecular weight is 435 g/mol. The minimum absolute atomic E-state index is 0.0267. The molecule has 2 saturated heterocycles. The molecule has 5 rings (SSSR count). The minimum atomic E-state index is -0.571. The Bertz CT molecular complexity index is 1090. The number of rotatable bonds is 4. The van der Waals surface area contributed by atoms with Crippen molar-refractivity contribution in [2.24, 2.45) is 0 Å². The molecule has 0 saturated carbocycles. The number of piperidine rings is 1. The first-order chi connectivity index (χ1) is 15.5. The SMILES string of the molecule is O=C1CC[C@]2(CCCN(C(=O)CCN3Cc4ccccc4C3=O)[C@@H]2c2cccc(F)c2)N1. The summed E-state index contributed by atoms with van der Waals surface area (Å²) in [6.45, 7) is 1.39. The van der Waals surface area contributed by atoms with Gasteiger partial charge in [0.05, 0.1) is 11.6 Å². The van der Waals surface area contributed by atoms with E-state index in [0.717, 1.165) is 18.4 Å². The van der Waals surface area contributed by atoms with Gasteiger partial charge in [0.1, 0.15) is 5.82 Å². The van der Waals surface area contributed by atoms with E-state index in [9.17, 15) is 18.8 Å². The minimum Gasteiger partial charge on any atom is -0.348 e. The van der Waals surface area contributed by atoms with Gasteiger partial charge >= 0.3 is 0 Å². The van der Waals surface area contributed by atoms with Crippen molar-refractivity contribution in [2.75, 3.05) is 13.1 Å². The molecule has 1 spiro atoms. The topological polar surface area (TPSA) is 69.7 Å². The molecule has 3 amide bonds. The molecule has 7 heteroatoms. The van der Waals surface area contributed by atoms with Crippen LogP contribution in [0.4, 0.5) is 4.39 Å². The van der Waals surface area contributed by atoms with E-state index in [4.69, 9.17) is 0 Å². The van der Waals surface area contributed by atoms with Gasteiger partial charge in [-0.25, -0.2) is 4.39 Å². The average Bonchev–Trinajstić information content (AvgIpc) is 3.31. The van der Waals surface area contributed by atoms with Crippen molar-refractivity contribution in [1.82, 2.24) is 15.1 Å². The highest BCUT2D eigenvalue weighted by Gasteiger charge is 2.50. The smallest absolute Gasteiger partial charge is 0.254 e. The highest BCUT2D eigenvalue weighted by molar-refractivity contribution is 5.98. The molecule has 1 N–H and O–H groups in total. The van der Waals surface area contributed by atoms with Crippen LogP contribution in [0.25, 0.3) is 0 Å². The first-order valence-electron chi connectivity index (χ1n) is 11.2. The van der Waals surface area contributed by atoms with E-state index in [1.807, 2.05) is 30.3 Å². The second-order valence-electron chi connectivity index (χ2n) is 8.99. The van der Waals surface area contributed by atoms with Gasteiger partial charge in [0.25, 0.3) is 5.91 Å². The van der Waals surface area contributed by atoms with Crippen LogP contribution in [0.5, 0.6) is 0 Å². The third kappa shape index (κ3) is 3.55. The van der Waals surface area contributed by atoms with Gasteiger partial charge in [-0.1, -0.05) is 30.3 Å². The number of nitrogens with zero attached hydrogens (tertiary/aromatic N) is 2. The van der Waals surface area contributed by atoms with Gasteiger partial charge in [-0.3, -0.25) is 14.4 Å². The summed E-state index contributed by atoms with van der Waals surface area (Å²) in [6, 6.07) is 13.4. The van der Waals surface area contributed by atoms with E-state index >= 15 is 0 Å². The van der Waals surface area contributed by atoms with Crippen molar-refractivity contribution in [2.45, 2.75) is 50.2 Å². The lowest BCUT2D eigenvalue weighted by atomic mass is 9.76.